The van der Waals surface area contributed by atoms with E-state index < -0.39 is 0 Å². The molecule has 1 unspecified atom stereocenters. The molecule has 0 aliphatic carbocycles. The minimum Gasteiger partial charge on any atom is -0.310 e. The van der Waals surface area contributed by atoms with E-state index in [1.165, 1.54) is 5.56 Å². The van der Waals surface area contributed by atoms with E-state index in [9.17, 15) is 0 Å². The smallest absolute Gasteiger partial charge is 0.0315 e. The average molecular weight is 188 g/mol. The van der Waals surface area contributed by atoms with Crippen molar-refractivity contribution in [2.24, 2.45) is 0 Å². The fourth-order valence-corrected chi connectivity index (χ4v) is 1.26. The van der Waals surface area contributed by atoms with Gasteiger partial charge in [0, 0.05) is 24.9 Å². The van der Waals surface area contributed by atoms with Gasteiger partial charge >= 0.3 is 0 Å². The lowest BCUT2D eigenvalue weighted by Gasteiger charge is -2.12. The maximum Gasteiger partial charge on any atom is 0.0315 e. The van der Waals surface area contributed by atoms with Crippen molar-refractivity contribution < 1.29 is 0 Å². The quantitative estimate of drug-likeness (QED) is 0.565. The zero-order valence-corrected chi connectivity index (χ0v) is 8.53. The molecule has 0 bridgehead atoms. The van der Waals surface area contributed by atoms with E-state index in [1.54, 1.807) is 6.20 Å². The zero-order chi connectivity index (χ0) is 10.2. The molecule has 1 rings (SSSR count). The van der Waals surface area contributed by atoms with Crippen molar-refractivity contribution in [3.63, 3.8) is 0 Å². The third-order valence-corrected chi connectivity index (χ3v) is 2.13. The lowest BCUT2D eigenvalue weighted by molar-refractivity contribution is 0.561. The monoisotopic (exact) mass is 188 g/mol. The second-order valence-corrected chi connectivity index (χ2v) is 3.27. The second-order valence-electron chi connectivity index (χ2n) is 3.27. The molecule has 14 heavy (non-hydrogen) atoms. The van der Waals surface area contributed by atoms with Crippen LogP contribution in [-0.4, -0.2) is 11.5 Å². The molecule has 1 aromatic heterocycles. The number of unbranched alkanes of at least 4 members (excludes halogenated alkanes) is 1. The lowest BCUT2D eigenvalue weighted by atomic mass is 10.1. The van der Waals surface area contributed by atoms with Gasteiger partial charge in [-0.2, -0.15) is 0 Å². The Kier molecular flexibility index (Phi) is 4.74. The Labute approximate surface area is 85.8 Å². The molecule has 1 aromatic rings. The molecule has 0 aromatic carbocycles. The number of aromatic nitrogens is 1. The van der Waals surface area contributed by atoms with E-state index in [0.717, 1.165) is 19.4 Å². The zero-order valence-electron chi connectivity index (χ0n) is 8.53. The van der Waals surface area contributed by atoms with Gasteiger partial charge in [-0.1, -0.05) is 6.07 Å². The highest BCUT2D eigenvalue weighted by Gasteiger charge is 2.02. The number of nitrogens with zero attached hydrogens (tertiary/aromatic N) is 1. The van der Waals surface area contributed by atoms with E-state index in [2.05, 4.69) is 29.2 Å². The van der Waals surface area contributed by atoms with Gasteiger partial charge in [-0.3, -0.25) is 4.98 Å². The number of hydrogen-bond donors (Lipinski definition) is 1. The minimum absolute atomic E-state index is 0.349. The highest BCUT2D eigenvalue weighted by Crippen LogP contribution is 2.09. The lowest BCUT2D eigenvalue weighted by Crippen LogP contribution is -2.19. The Morgan fingerprint density at radius 3 is 3.14 bits per heavy atom. The van der Waals surface area contributed by atoms with Crippen LogP contribution in [0.3, 0.4) is 0 Å². The van der Waals surface area contributed by atoms with Crippen LogP contribution in [0.1, 0.15) is 31.4 Å². The van der Waals surface area contributed by atoms with E-state index in [1.807, 2.05) is 12.3 Å². The van der Waals surface area contributed by atoms with Gasteiger partial charge in [-0.25, -0.2) is 0 Å². The third-order valence-electron chi connectivity index (χ3n) is 2.13. The summed E-state index contributed by atoms with van der Waals surface area (Å²) in [5.41, 5.74) is 1.22. The number of nitrogens with one attached hydrogen (secondary N) is 1. The van der Waals surface area contributed by atoms with Crippen LogP contribution in [0.4, 0.5) is 0 Å². The van der Waals surface area contributed by atoms with Gasteiger partial charge in [-0.15, -0.1) is 12.3 Å². The molecule has 2 nitrogen and oxygen atoms in total. The summed E-state index contributed by atoms with van der Waals surface area (Å²) < 4.78 is 0. The fourth-order valence-electron chi connectivity index (χ4n) is 1.26. The SMILES string of the molecule is C#CCCCNC(C)c1cccnc1. The molecule has 2 heteroatoms. The first-order chi connectivity index (χ1) is 6.84. The molecule has 0 saturated heterocycles. The molecule has 0 spiro atoms. The van der Waals surface area contributed by atoms with Crippen LogP contribution in [0.25, 0.3) is 0 Å². The molecule has 0 saturated carbocycles. The standard InChI is InChI=1S/C12H16N2/c1-3-4-5-9-14-11(2)12-7-6-8-13-10-12/h1,6-8,10-11,14H,4-5,9H2,2H3. The van der Waals surface area contributed by atoms with Gasteiger partial charge in [0.1, 0.15) is 0 Å². The van der Waals surface area contributed by atoms with Gasteiger partial charge in [0.25, 0.3) is 0 Å². The van der Waals surface area contributed by atoms with Gasteiger partial charge in [-0.05, 0) is 31.5 Å². The van der Waals surface area contributed by atoms with Gasteiger partial charge in [0.2, 0.25) is 0 Å². The van der Waals surface area contributed by atoms with Crippen molar-refractivity contribution in [1.29, 1.82) is 0 Å². The van der Waals surface area contributed by atoms with Gasteiger partial charge in [0.05, 0.1) is 0 Å². The maximum atomic E-state index is 5.17. The maximum absolute atomic E-state index is 5.17. The third kappa shape index (κ3) is 3.59. The predicted molar refractivity (Wildman–Crippen MR) is 58.7 cm³/mol. The van der Waals surface area contributed by atoms with Crippen LogP contribution < -0.4 is 5.32 Å². The van der Waals surface area contributed by atoms with Crippen molar-refractivity contribution >= 4 is 0 Å². The Hall–Kier alpha value is -1.33. The summed E-state index contributed by atoms with van der Waals surface area (Å²) in [6.07, 6.45) is 10.7. The number of pyridine rings is 1. The number of rotatable bonds is 5. The molecular weight excluding hydrogens is 172 g/mol. The van der Waals surface area contributed by atoms with Crippen LogP contribution in [0.2, 0.25) is 0 Å². The average Bonchev–Trinajstić information content (AvgIpc) is 2.25. The summed E-state index contributed by atoms with van der Waals surface area (Å²) in [4.78, 5) is 4.08. The van der Waals surface area contributed by atoms with E-state index in [-0.39, 0.29) is 0 Å². The highest BCUT2D eigenvalue weighted by molar-refractivity contribution is 5.12. The summed E-state index contributed by atoms with van der Waals surface area (Å²) >= 11 is 0. The van der Waals surface area contributed by atoms with Crippen LogP contribution in [0.15, 0.2) is 24.5 Å². The summed E-state index contributed by atoms with van der Waals surface area (Å²) in [6.45, 7) is 3.09. The molecule has 0 aliphatic rings. The first-order valence-electron chi connectivity index (χ1n) is 4.91. The first-order valence-corrected chi connectivity index (χ1v) is 4.91. The highest BCUT2D eigenvalue weighted by atomic mass is 14.9. The predicted octanol–water partition coefficient (Wildman–Crippen LogP) is 2.15. The Bertz CT molecular complexity index is 287. The molecule has 0 amide bonds. The van der Waals surface area contributed by atoms with Crippen molar-refractivity contribution in [1.82, 2.24) is 10.3 Å². The van der Waals surface area contributed by atoms with E-state index >= 15 is 0 Å². The van der Waals surface area contributed by atoms with Crippen LogP contribution in [-0.2, 0) is 0 Å². The fraction of sp³-hybridized carbons (Fsp3) is 0.417. The molecule has 0 radical (unpaired) electrons. The summed E-state index contributed by atoms with van der Waals surface area (Å²) in [6, 6.07) is 4.38. The Balaban J connectivity index is 2.29. The summed E-state index contributed by atoms with van der Waals surface area (Å²) in [7, 11) is 0. The molecule has 0 fully saturated rings. The second kappa shape index (κ2) is 6.17. The minimum atomic E-state index is 0.349. The Morgan fingerprint density at radius 1 is 1.64 bits per heavy atom. The normalized spacial score (nSPS) is 12.0. The van der Waals surface area contributed by atoms with E-state index in [4.69, 9.17) is 6.42 Å². The molecule has 1 atom stereocenters. The topological polar surface area (TPSA) is 24.9 Å². The molecule has 1 N–H and O–H groups in total. The number of hydrogen-bond acceptors (Lipinski definition) is 2. The van der Waals surface area contributed by atoms with Gasteiger partial charge in [0.15, 0.2) is 0 Å². The Morgan fingerprint density at radius 2 is 2.50 bits per heavy atom. The summed E-state index contributed by atoms with van der Waals surface area (Å²) in [5.74, 6) is 2.63. The molecule has 0 aliphatic heterocycles. The van der Waals surface area contributed by atoms with Crippen molar-refractivity contribution in [2.45, 2.75) is 25.8 Å². The van der Waals surface area contributed by atoms with Crippen molar-refractivity contribution in [3.8, 4) is 12.3 Å². The van der Waals surface area contributed by atoms with Crippen LogP contribution in [0.5, 0.6) is 0 Å². The first kappa shape index (κ1) is 10.7. The van der Waals surface area contributed by atoms with Gasteiger partial charge < -0.3 is 5.32 Å². The molecule has 74 valence electrons. The van der Waals surface area contributed by atoms with Crippen LogP contribution >= 0.6 is 0 Å². The van der Waals surface area contributed by atoms with Crippen molar-refractivity contribution in [2.75, 3.05) is 6.54 Å². The van der Waals surface area contributed by atoms with Crippen molar-refractivity contribution in [3.05, 3.63) is 30.1 Å². The summed E-state index contributed by atoms with van der Waals surface area (Å²) in [5, 5.41) is 3.40. The number of terminal acetylenes is 1. The molecular formula is C12H16N2. The molecule has 1 heterocycles. The van der Waals surface area contributed by atoms with E-state index in [0.29, 0.717) is 6.04 Å². The van der Waals surface area contributed by atoms with Crippen LogP contribution in [0, 0.1) is 12.3 Å². The largest absolute Gasteiger partial charge is 0.310 e.